The zero-order valence-electron chi connectivity index (χ0n) is 17.5. The first kappa shape index (κ1) is 21.3. The minimum atomic E-state index is -3.62. The number of carbonyl (C=O) groups excluding carboxylic acids is 1. The summed E-state index contributed by atoms with van der Waals surface area (Å²) in [6.07, 6.45) is 2.77. The summed E-state index contributed by atoms with van der Waals surface area (Å²) in [5.74, 6) is 0.119. The van der Waals surface area contributed by atoms with E-state index in [0.717, 1.165) is 30.0 Å². The molecule has 1 aliphatic rings. The van der Waals surface area contributed by atoms with Crippen LogP contribution in [0.1, 0.15) is 36.5 Å². The summed E-state index contributed by atoms with van der Waals surface area (Å²) in [6, 6.07) is 17.9. The average molecular weight is 439 g/mol. The van der Waals surface area contributed by atoms with Gasteiger partial charge in [0.2, 0.25) is 10.0 Å². The predicted octanol–water partition coefficient (Wildman–Crippen LogP) is 4.67. The molecule has 7 heteroatoms. The fourth-order valence-electron chi connectivity index (χ4n) is 3.83. The van der Waals surface area contributed by atoms with Crippen molar-refractivity contribution in [3.8, 4) is 5.75 Å². The van der Waals surface area contributed by atoms with Crippen LogP contribution in [0.25, 0.3) is 10.8 Å². The van der Waals surface area contributed by atoms with Crippen LogP contribution < -0.4 is 10.1 Å². The molecule has 1 heterocycles. The van der Waals surface area contributed by atoms with Gasteiger partial charge in [0, 0.05) is 18.7 Å². The number of carbonyl (C=O) groups is 1. The summed E-state index contributed by atoms with van der Waals surface area (Å²) in [5.41, 5.74) is 0.837. The molecule has 1 aliphatic heterocycles. The van der Waals surface area contributed by atoms with Gasteiger partial charge in [-0.15, -0.1) is 0 Å². The Morgan fingerprint density at radius 3 is 2.45 bits per heavy atom. The van der Waals surface area contributed by atoms with Gasteiger partial charge in [-0.05, 0) is 60.9 Å². The van der Waals surface area contributed by atoms with Crippen molar-refractivity contribution in [2.45, 2.75) is 31.1 Å². The van der Waals surface area contributed by atoms with Crippen molar-refractivity contribution in [1.29, 1.82) is 0 Å². The highest BCUT2D eigenvalue weighted by Gasteiger charge is 2.27. The molecule has 0 spiro atoms. The van der Waals surface area contributed by atoms with Crippen LogP contribution in [-0.2, 0) is 10.0 Å². The number of fused-ring (bicyclic) bond motifs is 1. The van der Waals surface area contributed by atoms with Crippen molar-refractivity contribution < 1.29 is 17.9 Å². The van der Waals surface area contributed by atoms with Crippen LogP contribution in [0, 0.1) is 0 Å². The van der Waals surface area contributed by atoms with Crippen LogP contribution in [-0.4, -0.2) is 38.3 Å². The van der Waals surface area contributed by atoms with Gasteiger partial charge in [0.25, 0.3) is 5.91 Å². The van der Waals surface area contributed by atoms with Gasteiger partial charge in [-0.1, -0.05) is 36.8 Å². The Morgan fingerprint density at radius 2 is 1.71 bits per heavy atom. The van der Waals surface area contributed by atoms with Crippen LogP contribution in [0.4, 0.5) is 5.69 Å². The molecule has 0 radical (unpaired) electrons. The van der Waals surface area contributed by atoms with Gasteiger partial charge in [0.15, 0.2) is 0 Å². The monoisotopic (exact) mass is 438 g/mol. The first-order valence-corrected chi connectivity index (χ1v) is 12.0. The van der Waals surface area contributed by atoms with E-state index >= 15 is 0 Å². The number of anilines is 1. The molecule has 3 aromatic rings. The van der Waals surface area contributed by atoms with Crippen molar-refractivity contribution in [3.63, 3.8) is 0 Å². The minimum Gasteiger partial charge on any atom is -0.492 e. The topological polar surface area (TPSA) is 75.7 Å². The van der Waals surface area contributed by atoms with E-state index in [2.05, 4.69) is 5.32 Å². The molecule has 1 amide bonds. The number of hydrogen-bond donors (Lipinski definition) is 1. The normalized spacial score (nSPS) is 15.0. The fourth-order valence-corrected chi connectivity index (χ4v) is 5.37. The Balaban J connectivity index is 1.65. The number of nitrogens with one attached hydrogen (secondary N) is 1. The molecular weight excluding hydrogens is 412 g/mol. The van der Waals surface area contributed by atoms with E-state index in [1.807, 2.05) is 43.3 Å². The predicted molar refractivity (Wildman–Crippen MR) is 122 cm³/mol. The van der Waals surface area contributed by atoms with Crippen molar-refractivity contribution in [2.75, 3.05) is 25.0 Å². The first-order chi connectivity index (χ1) is 15.0. The highest BCUT2D eigenvalue weighted by molar-refractivity contribution is 7.89. The molecule has 0 atom stereocenters. The molecule has 0 bridgehead atoms. The van der Waals surface area contributed by atoms with Crippen LogP contribution >= 0.6 is 0 Å². The van der Waals surface area contributed by atoms with Crippen molar-refractivity contribution in [2.24, 2.45) is 0 Å². The second-order valence-corrected chi connectivity index (χ2v) is 9.51. The van der Waals surface area contributed by atoms with Gasteiger partial charge in [0.05, 0.1) is 17.2 Å². The van der Waals surface area contributed by atoms with E-state index in [9.17, 15) is 13.2 Å². The van der Waals surface area contributed by atoms with Gasteiger partial charge in [0.1, 0.15) is 5.75 Å². The third kappa shape index (κ3) is 4.57. The molecule has 3 aromatic carbocycles. The molecule has 0 aromatic heterocycles. The van der Waals surface area contributed by atoms with Crippen molar-refractivity contribution >= 4 is 32.4 Å². The summed E-state index contributed by atoms with van der Waals surface area (Å²) in [6.45, 7) is 3.28. The molecule has 0 aliphatic carbocycles. The van der Waals surface area contributed by atoms with E-state index in [1.54, 1.807) is 18.2 Å². The number of piperidine rings is 1. The SMILES string of the molecule is CCOc1ccc(S(=O)(=O)N2CCCCC2)cc1NC(=O)c1ccc2ccccc2c1. The van der Waals surface area contributed by atoms with E-state index < -0.39 is 10.0 Å². The smallest absolute Gasteiger partial charge is 0.255 e. The van der Waals surface area contributed by atoms with Crippen LogP contribution in [0.5, 0.6) is 5.75 Å². The lowest BCUT2D eigenvalue weighted by Crippen LogP contribution is -2.35. The third-order valence-electron chi connectivity index (χ3n) is 5.46. The van der Waals surface area contributed by atoms with Gasteiger partial charge in [-0.3, -0.25) is 4.79 Å². The van der Waals surface area contributed by atoms with Crippen molar-refractivity contribution in [1.82, 2.24) is 4.31 Å². The molecule has 1 fully saturated rings. The summed E-state index contributed by atoms with van der Waals surface area (Å²) in [5, 5.41) is 4.85. The Morgan fingerprint density at radius 1 is 0.968 bits per heavy atom. The Labute approximate surface area is 182 Å². The van der Waals surface area contributed by atoms with Gasteiger partial charge < -0.3 is 10.1 Å². The third-order valence-corrected chi connectivity index (χ3v) is 7.36. The molecule has 0 saturated carbocycles. The largest absolute Gasteiger partial charge is 0.492 e. The maximum Gasteiger partial charge on any atom is 0.255 e. The zero-order valence-corrected chi connectivity index (χ0v) is 18.3. The molecule has 6 nitrogen and oxygen atoms in total. The Hall–Kier alpha value is -2.90. The second kappa shape index (κ2) is 9.08. The van der Waals surface area contributed by atoms with E-state index in [1.165, 1.54) is 10.4 Å². The summed E-state index contributed by atoms with van der Waals surface area (Å²) < 4.78 is 33.3. The lowest BCUT2D eigenvalue weighted by Gasteiger charge is -2.26. The number of hydrogen-bond acceptors (Lipinski definition) is 4. The number of nitrogens with zero attached hydrogens (tertiary/aromatic N) is 1. The lowest BCUT2D eigenvalue weighted by atomic mass is 10.1. The minimum absolute atomic E-state index is 0.159. The van der Waals surface area contributed by atoms with Crippen LogP contribution in [0.3, 0.4) is 0 Å². The fraction of sp³-hybridized carbons (Fsp3) is 0.292. The number of benzene rings is 3. The highest BCUT2D eigenvalue weighted by Crippen LogP contribution is 2.31. The summed E-state index contributed by atoms with van der Waals surface area (Å²) >= 11 is 0. The van der Waals surface area contributed by atoms with Crippen LogP contribution in [0.2, 0.25) is 0 Å². The number of rotatable bonds is 6. The van der Waals surface area contributed by atoms with E-state index in [-0.39, 0.29) is 10.8 Å². The molecule has 31 heavy (non-hydrogen) atoms. The number of ether oxygens (including phenoxy) is 1. The Bertz CT molecular complexity index is 1200. The average Bonchev–Trinajstić information content (AvgIpc) is 2.80. The van der Waals surface area contributed by atoms with E-state index in [0.29, 0.717) is 36.7 Å². The molecular formula is C24H26N2O4S. The second-order valence-electron chi connectivity index (χ2n) is 7.57. The van der Waals surface area contributed by atoms with Gasteiger partial charge in [-0.2, -0.15) is 4.31 Å². The quantitative estimate of drug-likeness (QED) is 0.607. The highest BCUT2D eigenvalue weighted by atomic mass is 32.2. The van der Waals surface area contributed by atoms with Gasteiger partial charge >= 0.3 is 0 Å². The van der Waals surface area contributed by atoms with Crippen LogP contribution in [0.15, 0.2) is 65.6 Å². The summed E-state index contributed by atoms with van der Waals surface area (Å²) in [7, 11) is -3.62. The van der Waals surface area contributed by atoms with Gasteiger partial charge in [-0.25, -0.2) is 8.42 Å². The maximum atomic E-state index is 13.1. The number of sulfonamides is 1. The lowest BCUT2D eigenvalue weighted by molar-refractivity contribution is 0.102. The maximum absolute atomic E-state index is 13.1. The first-order valence-electron chi connectivity index (χ1n) is 10.6. The standard InChI is InChI=1S/C24H26N2O4S/c1-2-30-23-13-12-21(31(28,29)26-14-6-3-7-15-26)17-22(23)25-24(27)20-11-10-18-8-4-5-9-19(18)16-20/h4-5,8-13,16-17H,2-3,6-7,14-15H2,1H3,(H,25,27). The summed E-state index contributed by atoms with van der Waals surface area (Å²) in [4.78, 5) is 13.1. The van der Waals surface area contributed by atoms with E-state index in [4.69, 9.17) is 4.74 Å². The number of amides is 1. The molecule has 4 rings (SSSR count). The molecule has 1 N–H and O–H groups in total. The van der Waals surface area contributed by atoms with Crippen molar-refractivity contribution in [3.05, 3.63) is 66.2 Å². The molecule has 1 saturated heterocycles. The Kier molecular flexibility index (Phi) is 6.25. The zero-order chi connectivity index (χ0) is 21.8. The molecule has 162 valence electrons. The molecule has 0 unspecified atom stereocenters.